The molecule has 2 fully saturated rings. The van der Waals surface area contributed by atoms with Crippen molar-refractivity contribution < 1.29 is 23.3 Å². The predicted molar refractivity (Wildman–Crippen MR) is 103 cm³/mol. The van der Waals surface area contributed by atoms with E-state index >= 15 is 0 Å². The van der Waals surface area contributed by atoms with Gasteiger partial charge in [-0.05, 0) is 25.0 Å². The highest BCUT2D eigenvalue weighted by atomic mass is 16.5. The molecule has 0 saturated carbocycles. The number of hydrogen-bond acceptors (Lipinski definition) is 6. The lowest BCUT2D eigenvalue weighted by Crippen LogP contribution is -2.49. The van der Waals surface area contributed by atoms with Crippen molar-refractivity contribution in [2.45, 2.75) is 51.2 Å². The standard InChI is InChI=1S/C21H27N3O5/c1-15(2)18-12-16(22-29-18)14-24-9-11-28-21(13-19(24)25)5-7-23(8-6-21)20(26)17-4-3-10-27-17/h3-4,10,12,15H,5-9,11,13-14H2,1-2H3. The van der Waals surface area contributed by atoms with Gasteiger partial charge in [0.25, 0.3) is 5.91 Å². The van der Waals surface area contributed by atoms with E-state index in [1.54, 1.807) is 21.9 Å². The summed E-state index contributed by atoms with van der Waals surface area (Å²) in [6, 6.07) is 5.29. The van der Waals surface area contributed by atoms with E-state index in [2.05, 4.69) is 5.16 Å². The molecule has 156 valence electrons. The Morgan fingerprint density at radius 3 is 2.72 bits per heavy atom. The molecule has 4 heterocycles. The fraction of sp³-hybridized carbons (Fsp3) is 0.571. The maximum atomic E-state index is 12.9. The molecular weight excluding hydrogens is 374 g/mol. The first-order valence-corrected chi connectivity index (χ1v) is 10.2. The van der Waals surface area contributed by atoms with Crippen LogP contribution < -0.4 is 0 Å². The summed E-state index contributed by atoms with van der Waals surface area (Å²) in [4.78, 5) is 29.0. The largest absolute Gasteiger partial charge is 0.459 e. The van der Waals surface area contributed by atoms with Gasteiger partial charge in [-0.15, -0.1) is 0 Å². The van der Waals surface area contributed by atoms with Crippen LogP contribution in [-0.4, -0.2) is 58.6 Å². The normalized spacial score (nSPS) is 19.8. The molecule has 8 heteroatoms. The van der Waals surface area contributed by atoms with E-state index in [0.29, 0.717) is 57.8 Å². The van der Waals surface area contributed by atoms with Crippen LogP contribution in [0.2, 0.25) is 0 Å². The quantitative estimate of drug-likeness (QED) is 0.783. The second-order valence-corrected chi connectivity index (χ2v) is 8.17. The summed E-state index contributed by atoms with van der Waals surface area (Å²) in [6.07, 6.45) is 3.10. The molecule has 0 aliphatic carbocycles. The summed E-state index contributed by atoms with van der Waals surface area (Å²) in [5, 5.41) is 4.09. The maximum absolute atomic E-state index is 12.9. The van der Waals surface area contributed by atoms with Crippen molar-refractivity contribution in [1.82, 2.24) is 15.0 Å². The minimum atomic E-state index is -0.501. The van der Waals surface area contributed by atoms with E-state index in [-0.39, 0.29) is 17.7 Å². The monoisotopic (exact) mass is 401 g/mol. The van der Waals surface area contributed by atoms with Gasteiger partial charge in [0.05, 0.1) is 31.4 Å². The first-order chi connectivity index (χ1) is 14.0. The summed E-state index contributed by atoms with van der Waals surface area (Å²) in [5.74, 6) is 1.37. The van der Waals surface area contributed by atoms with Gasteiger partial charge in [0, 0.05) is 31.6 Å². The van der Waals surface area contributed by atoms with E-state index in [0.717, 1.165) is 11.5 Å². The van der Waals surface area contributed by atoms with Crippen molar-refractivity contribution in [3.8, 4) is 0 Å². The second kappa shape index (κ2) is 8.02. The Labute approximate surface area is 169 Å². The molecule has 1 spiro atoms. The number of rotatable bonds is 4. The van der Waals surface area contributed by atoms with Crippen LogP contribution in [-0.2, 0) is 16.1 Å². The summed E-state index contributed by atoms with van der Waals surface area (Å²) in [7, 11) is 0. The average Bonchev–Trinajstić information content (AvgIpc) is 3.37. The molecule has 2 amide bonds. The first-order valence-electron chi connectivity index (χ1n) is 10.2. The number of hydrogen-bond donors (Lipinski definition) is 0. The summed E-state index contributed by atoms with van der Waals surface area (Å²) < 4.78 is 16.7. The van der Waals surface area contributed by atoms with Crippen LogP contribution in [0.4, 0.5) is 0 Å². The van der Waals surface area contributed by atoms with E-state index < -0.39 is 5.60 Å². The zero-order valence-corrected chi connectivity index (χ0v) is 16.9. The summed E-state index contributed by atoms with van der Waals surface area (Å²) in [6.45, 7) is 6.62. The Hall–Kier alpha value is -2.61. The second-order valence-electron chi connectivity index (χ2n) is 8.17. The highest BCUT2D eigenvalue weighted by Gasteiger charge is 2.42. The molecule has 8 nitrogen and oxygen atoms in total. The molecule has 2 aromatic rings. The third-order valence-electron chi connectivity index (χ3n) is 5.79. The molecule has 0 unspecified atom stereocenters. The summed E-state index contributed by atoms with van der Waals surface area (Å²) >= 11 is 0. The van der Waals surface area contributed by atoms with E-state index in [9.17, 15) is 9.59 Å². The Morgan fingerprint density at radius 1 is 1.28 bits per heavy atom. The molecule has 0 N–H and O–H groups in total. The molecule has 0 atom stereocenters. The highest BCUT2D eigenvalue weighted by Crippen LogP contribution is 2.33. The topological polar surface area (TPSA) is 89.0 Å². The zero-order valence-electron chi connectivity index (χ0n) is 16.9. The molecule has 0 aromatic carbocycles. The van der Waals surface area contributed by atoms with Gasteiger partial charge in [-0.25, -0.2) is 0 Å². The van der Waals surface area contributed by atoms with Gasteiger partial charge >= 0.3 is 0 Å². The number of carbonyl (C=O) groups excluding carboxylic acids is 2. The molecule has 2 aliphatic rings. The lowest BCUT2D eigenvalue weighted by Gasteiger charge is -2.40. The number of carbonyl (C=O) groups is 2. The fourth-order valence-corrected chi connectivity index (χ4v) is 3.97. The number of amides is 2. The molecule has 2 saturated heterocycles. The SMILES string of the molecule is CC(C)c1cc(CN2CCOC3(CCN(C(=O)c4ccco4)CC3)CC2=O)no1. The smallest absolute Gasteiger partial charge is 0.289 e. The van der Waals surface area contributed by atoms with Crippen LogP contribution >= 0.6 is 0 Å². The third kappa shape index (κ3) is 4.22. The third-order valence-corrected chi connectivity index (χ3v) is 5.79. The molecule has 2 aromatic heterocycles. The van der Waals surface area contributed by atoms with Crippen molar-refractivity contribution >= 4 is 11.8 Å². The van der Waals surface area contributed by atoms with Gasteiger partial charge < -0.3 is 23.5 Å². The Morgan fingerprint density at radius 2 is 2.07 bits per heavy atom. The number of furan rings is 1. The Kier molecular flexibility index (Phi) is 5.45. The van der Waals surface area contributed by atoms with Crippen LogP contribution in [0.1, 0.15) is 61.0 Å². The zero-order chi connectivity index (χ0) is 20.4. The minimum absolute atomic E-state index is 0.0578. The van der Waals surface area contributed by atoms with Gasteiger partial charge in [-0.3, -0.25) is 9.59 Å². The number of aromatic nitrogens is 1. The average molecular weight is 401 g/mol. The van der Waals surface area contributed by atoms with E-state index in [1.165, 1.54) is 6.26 Å². The molecule has 4 rings (SSSR count). The van der Waals surface area contributed by atoms with Crippen LogP contribution in [0.3, 0.4) is 0 Å². The van der Waals surface area contributed by atoms with Crippen molar-refractivity contribution in [1.29, 1.82) is 0 Å². The van der Waals surface area contributed by atoms with E-state index in [4.69, 9.17) is 13.7 Å². The predicted octanol–water partition coefficient (Wildman–Crippen LogP) is 2.81. The van der Waals surface area contributed by atoms with Crippen molar-refractivity contribution in [3.63, 3.8) is 0 Å². The lowest BCUT2D eigenvalue weighted by atomic mass is 9.87. The number of ether oxygens (including phenoxy) is 1. The minimum Gasteiger partial charge on any atom is -0.459 e. The molecule has 0 radical (unpaired) electrons. The molecule has 2 aliphatic heterocycles. The van der Waals surface area contributed by atoms with Crippen LogP contribution in [0.25, 0.3) is 0 Å². The van der Waals surface area contributed by atoms with E-state index in [1.807, 2.05) is 19.9 Å². The van der Waals surface area contributed by atoms with Crippen molar-refractivity contribution in [2.75, 3.05) is 26.2 Å². The number of nitrogens with zero attached hydrogens (tertiary/aromatic N) is 3. The van der Waals surface area contributed by atoms with Crippen molar-refractivity contribution in [3.05, 3.63) is 41.7 Å². The number of piperidine rings is 1. The maximum Gasteiger partial charge on any atom is 0.289 e. The number of likely N-dealkylation sites (tertiary alicyclic amines) is 1. The van der Waals surface area contributed by atoms with Gasteiger partial charge in [0.1, 0.15) is 11.5 Å². The molecule has 0 bridgehead atoms. The summed E-state index contributed by atoms with van der Waals surface area (Å²) in [5.41, 5.74) is 0.260. The molecular formula is C21H27N3O5. The Bertz CT molecular complexity index is 850. The van der Waals surface area contributed by atoms with Gasteiger partial charge in [0.15, 0.2) is 5.76 Å². The van der Waals surface area contributed by atoms with Crippen molar-refractivity contribution in [2.24, 2.45) is 0 Å². The van der Waals surface area contributed by atoms with Crippen LogP contribution in [0.5, 0.6) is 0 Å². The van der Waals surface area contributed by atoms with Gasteiger partial charge in [-0.1, -0.05) is 19.0 Å². The van der Waals surface area contributed by atoms with Gasteiger partial charge in [0.2, 0.25) is 5.91 Å². The first kappa shape index (κ1) is 19.7. The lowest BCUT2D eigenvalue weighted by molar-refractivity contribution is -0.135. The molecule has 29 heavy (non-hydrogen) atoms. The fourth-order valence-electron chi connectivity index (χ4n) is 3.97. The van der Waals surface area contributed by atoms with Crippen LogP contribution in [0, 0.1) is 0 Å². The van der Waals surface area contributed by atoms with Crippen LogP contribution in [0.15, 0.2) is 33.4 Å². The highest BCUT2D eigenvalue weighted by molar-refractivity contribution is 5.91. The van der Waals surface area contributed by atoms with Gasteiger partial charge in [-0.2, -0.15) is 0 Å². The Balaban J connectivity index is 1.36.